The molecule has 1 aliphatic heterocycles. The predicted octanol–water partition coefficient (Wildman–Crippen LogP) is 2.07. The number of likely N-dealkylation sites (N-methyl/N-ethyl adjacent to an activating group) is 1. The lowest BCUT2D eigenvalue weighted by Crippen LogP contribution is -2.48. The monoisotopic (exact) mass is 695 g/mol. The lowest BCUT2D eigenvalue weighted by Gasteiger charge is -2.35. The topological polar surface area (TPSA) is 178 Å². The van der Waals surface area contributed by atoms with Crippen molar-refractivity contribution >= 4 is 31.6 Å². The van der Waals surface area contributed by atoms with Gasteiger partial charge in [-0.1, -0.05) is 6.92 Å². The van der Waals surface area contributed by atoms with E-state index in [1.165, 1.54) is 58.0 Å². The standard InChI is InChI=1S/C30H45N7O8S2/c1-21-14-37(22(2)18-38)30(39)25-13-24(33-46(40,41)28-16-34(4)19-31-28)10-11-26(25)45-23(3)9-7-8-12-44-27(21)15-36(6)47(42,43)29-17-35(5)20-32-29/h10-11,13,16-17,19-23,27,33,38H,7-9,12,14-15,18H2,1-6H3/t21-,22+,23+,27-/m1/s1. The van der Waals surface area contributed by atoms with Crippen LogP contribution < -0.4 is 9.46 Å². The zero-order valence-electron chi connectivity index (χ0n) is 27.6. The molecule has 4 rings (SSSR count). The number of fused-ring (bicyclic) bond motifs is 1. The molecule has 0 bridgehead atoms. The summed E-state index contributed by atoms with van der Waals surface area (Å²) in [7, 11) is -3.16. The maximum atomic E-state index is 14.3. The molecule has 1 amide bonds. The Morgan fingerprint density at radius 3 is 2.34 bits per heavy atom. The zero-order chi connectivity index (χ0) is 34.5. The molecule has 0 saturated heterocycles. The third-order valence-electron chi connectivity index (χ3n) is 8.05. The Hall–Kier alpha value is -3.51. The van der Waals surface area contributed by atoms with Gasteiger partial charge in [-0.05, 0) is 51.3 Å². The summed E-state index contributed by atoms with van der Waals surface area (Å²) in [5, 5.41) is 9.92. The van der Waals surface area contributed by atoms with Crippen molar-refractivity contribution in [1.82, 2.24) is 28.3 Å². The van der Waals surface area contributed by atoms with Gasteiger partial charge in [0.2, 0.25) is 0 Å². The summed E-state index contributed by atoms with van der Waals surface area (Å²) in [6.45, 7) is 5.56. The van der Waals surface area contributed by atoms with Crippen molar-refractivity contribution in [2.24, 2.45) is 20.0 Å². The number of aromatic nitrogens is 4. The molecule has 15 nitrogen and oxygen atoms in total. The molecule has 0 spiro atoms. The lowest BCUT2D eigenvalue weighted by molar-refractivity contribution is -0.00835. The van der Waals surface area contributed by atoms with Crippen LogP contribution in [0.1, 0.15) is 50.4 Å². The third-order valence-corrected chi connectivity index (χ3v) is 11.0. The Balaban J connectivity index is 1.67. The molecule has 3 heterocycles. The lowest BCUT2D eigenvalue weighted by atomic mass is 10.0. The van der Waals surface area contributed by atoms with E-state index in [9.17, 15) is 26.7 Å². The zero-order valence-corrected chi connectivity index (χ0v) is 29.2. The van der Waals surface area contributed by atoms with Gasteiger partial charge < -0.3 is 28.6 Å². The number of sulfonamides is 2. The Labute approximate surface area is 276 Å². The van der Waals surface area contributed by atoms with Gasteiger partial charge in [-0.3, -0.25) is 9.52 Å². The normalized spacial score (nSPS) is 21.1. The average Bonchev–Trinajstić information content (AvgIpc) is 3.67. The fourth-order valence-electron chi connectivity index (χ4n) is 5.22. The Bertz CT molecular complexity index is 1740. The van der Waals surface area contributed by atoms with E-state index in [0.29, 0.717) is 19.4 Å². The summed E-state index contributed by atoms with van der Waals surface area (Å²) in [5.41, 5.74) is 0.238. The molecule has 4 atom stereocenters. The number of aryl methyl sites for hydroxylation is 2. The average molecular weight is 696 g/mol. The largest absolute Gasteiger partial charge is 0.490 e. The molecule has 0 aliphatic carbocycles. The molecule has 260 valence electrons. The predicted molar refractivity (Wildman–Crippen MR) is 174 cm³/mol. The SMILES string of the molecule is C[C@@H]1CN([C@@H](C)CO)C(=O)c2cc(NS(=O)(=O)c3cn(C)cn3)ccc2O[C@@H](C)CCCCO[C@@H]1CN(C)S(=O)(=O)c1cn(C)cn1. The molecule has 2 aromatic heterocycles. The first kappa shape index (κ1) is 36.3. The van der Waals surface area contributed by atoms with Gasteiger partial charge >= 0.3 is 0 Å². The summed E-state index contributed by atoms with van der Waals surface area (Å²) in [4.78, 5) is 23.7. The highest BCUT2D eigenvalue weighted by Crippen LogP contribution is 2.29. The minimum Gasteiger partial charge on any atom is -0.490 e. The number of nitrogens with zero attached hydrogens (tertiary/aromatic N) is 6. The smallest absolute Gasteiger partial charge is 0.280 e. The quantitative estimate of drug-likeness (QED) is 0.337. The second kappa shape index (κ2) is 15.1. The number of imidazole rings is 2. The van der Waals surface area contributed by atoms with Crippen LogP contribution in [0.3, 0.4) is 0 Å². The van der Waals surface area contributed by atoms with Crippen LogP contribution in [0.4, 0.5) is 5.69 Å². The van der Waals surface area contributed by atoms with E-state index in [4.69, 9.17) is 9.47 Å². The fraction of sp³-hybridized carbons (Fsp3) is 0.567. The Morgan fingerprint density at radius 1 is 1.06 bits per heavy atom. The first-order chi connectivity index (χ1) is 22.1. The number of carbonyl (C=O) groups is 1. The fourth-order valence-corrected chi connectivity index (χ4v) is 7.39. The van der Waals surface area contributed by atoms with E-state index in [1.54, 1.807) is 31.7 Å². The summed E-state index contributed by atoms with van der Waals surface area (Å²) in [5.74, 6) is -0.603. The van der Waals surface area contributed by atoms with Crippen molar-refractivity contribution in [3.63, 3.8) is 0 Å². The minimum absolute atomic E-state index is 0.00512. The Morgan fingerprint density at radius 2 is 1.72 bits per heavy atom. The van der Waals surface area contributed by atoms with Gasteiger partial charge in [-0.15, -0.1) is 0 Å². The molecule has 0 fully saturated rings. The second-order valence-corrected chi connectivity index (χ2v) is 15.8. The van der Waals surface area contributed by atoms with E-state index in [-0.39, 0.29) is 58.8 Å². The van der Waals surface area contributed by atoms with Crippen molar-refractivity contribution < 1.29 is 36.2 Å². The maximum absolute atomic E-state index is 14.3. The van der Waals surface area contributed by atoms with E-state index < -0.39 is 38.1 Å². The van der Waals surface area contributed by atoms with E-state index >= 15 is 0 Å². The molecule has 47 heavy (non-hydrogen) atoms. The van der Waals surface area contributed by atoms with Crippen molar-refractivity contribution in [3.05, 3.63) is 48.8 Å². The van der Waals surface area contributed by atoms with Crippen molar-refractivity contribution in [1.29, 1.82) is 0 Å². The number of nitrogens with one attached hydrogen (secondary N) is 1. The van der Waals surface area contributed by atoms with Crippen LogP contribution in [-0.4, -0.2) is 108 Å². The molecular weight excluding hydrogens is 651 g/mol. The number of hydrogen-bond donors (Lipinski definition) is 2. The minimum atomic E-state index is -4.05. The van der Waals surface area contributed by atoms with Crippen LogP contribution in [-0.2, 0) is 38.9 Å². The second-order valence-electron chi connectivity index (χ2n) is 12.2. The number of ether oxygens (including phenoxy) is 2. The summed E-state index contributed by atoms with van der Waals surface area (Å²) in [6, 6.07) is 3.85. The summed E-state index contributed by atoms with van der Waals surface area (Å²) >= 11 is 0. The number of amides is 1. The molecular formula is C30H45N7O8S2. The third kappa shape index (κ3) is 8.90. The molecule has 2 N–H and O–H groups in total. The highest BCUT2D eigenvalue weighted by atomic mass is 32.2. The number of aliphatic hydroxyl groups excluding tert-OH is 1. The van der Waals surface area contributed by atoms with Crippen LogP contribution in [0.25, 0.3) is 0 Å². The van der Waals surface area contributed by atoms with Crippen molar-refractivity contribution in [3.8, 4) is 5.75 Å². The van der Waals surface area contributed by atoms with Crippen LogP contribution >= 0.6 is 0 Å². The van der Waals surface area contributed by atoms with Crippen LogP contribution in [0, 0.1) is 5.92 Å². The van der Waals surface area contributed by atoms with Crippen molar-refractivity contribution in [2.45, 2.75) is 68.3 Å². The number of rotatable bonds is 9. The number of anilines is 1. The van der Waals surface area contributed by atoms with Gasteiger partial charge in [0.1, 0.15) is 5.75 Å². The van der Waals surface area contributed by atoms with Gasteiger partial charge in [0, 0.05) is 64.8 Å². The first-order valence-corrected chi connectivity index (χ1v) is 18.3. The Kier molecular flexibility index (Phi) is 11.7. The van der Waals surface area contributed by atoms with E-state index in [2.05, 4.69) is 14.7 Å². The van der Waals surface area contributed by atoms with E-state index in [0.717, 1.165) is 6.42 Å². The molecule has 0 radical (unpaired) electrons. The van der Waals surface area contributed by atoms with Gasteiger partial charge in [0.05, 0.1) is 43.1 Å². The van der Waals surface area contributed by atoms with Crippen LogP contribution in [0.2, 0.25) is 0 Å². The van der Waals surface area contributed by atoms with Crippen LogP contribution in [0.5, 0.6) is 5.75 Å². The molecule has 17 heteroatoms. The maximum Gasteiger partial charge on any atom is 0.280 e. The van der Waals surface area contributed by atoms with Gasteiger partial charge in [0.25, 0.3) is 26.0 Å². The van der Waals surface area contributed by atoms with Gasteiger partial charge in [0.15, 0.2) is 10.1 Å². The van der Waals surface area contributed by atoms with E-state index in [1.807, 2.05) is 13.8 Å². The van der Waals surface area contributed by atoms with Crippen molar-refractivity contribution in [2.75, 3.05) is 38.1 Å². The molecule has 1 aromatic carbocycles. The number of carbonyl (C=O) groups excluding carboxylic acids is 1. The summed E-state index contributed by atoms with van der Waals surface area (Å²) in [6.07, 6.45) is 6.79. The number of hydrogen-bond acceptors (Lipinski definition) is 10. The van der Waals surface area contributed by atoms with Gasteiger partial charge in [-0.25, -0.2) is 18.4 Å². The number of benzene rings is 1. The molecule has 0 saturated carbocycles. The molecule has 1 aliphatic rings. The summed E-state index contributed by atoms with van der Waals surface area (Å²) < 4.78 is 71.9. The first-order valence-electron chi connectivity index (χ1n) is 15.4. The highest BCUT2D eigenvalue weighted by molar-refractivity contribution is 7.92. The molecule has 3 aromatic rings. The highest BCUT2D eigenvalue weighted by Gasteiger charge is 2.33. The molecule has 0 unspecified atom stereocenters. The number of aliphatic hydroxyl groups is 1. The van der Waals surface area contributed by atoms with Gasteiger partial charge in [-0.2, -0.15) is 12.7 Å². The van der Waals surface area contributed by atoms with Crippen LogP contribution in [0.15, 0.2) is 53.3 Å².